The van der Waals surface area contributed by atoms with Gasteiger partial charge in [0.1, 0.15) is 0 Å². The van der Waals surface area contributed by atoms with Crippen molar-refractivity contribution in [2.45, 2.75) is 26.3 Å². The molecule has 0 radical (unpaired) electrons. The van der Waals surface area contributed by atoms with Crippen LogP contribution in [0.2, 0.25) is 0 Å². The second-order valence-electron chi connectivity index (χ2n) is 3.91. The summed E-state index contributed by atoms with van der Waals surface area (Å²) in [6.45, 7) is 5.54. The van der Waals surface area contributed by atoms with E-state index in [1.165, 1.54) is 25.9 Å². The molecule has 1 saturated heterocycles. The van der Waals surface area contributed by atoms with Crippen molar-refractivity contribution < 1.29 is 0 Å². The Morgan fingerprint density at radius 2 is 2.31 bits per heavy atom. The van der Waals surface area contributed by atoms with E-state index in [1.807, 2.05) is 13.3 Å². The standard InChI is InChI=1S/C10H17N3/c1-9-6-13(8-12-9)7-10-2-4-11-5-3-10/h6,8,10-11H,2-5,7H2,1H3. The lowest BCUT2D eigenvalue weighted by Crippen LogP contribution is -2.29. The lowest BCUT2D eigenvalue weighted by atomic mass is 9.98. The quantitative estimate of drug-likeness (QED) is 0.739. The van der Waals surface area contributed by atoms with Gasteiger partial charge in [-0.1, -0.05) is 0 Å². The third-order valence-corrected chi connectivity index (χ3v) is 2.69. The topological polar surface area (TPSA) is 29.9 Å². The Labute approximate surface area is 79.2 Å². The van der Waals surface area contributed by atoms with Crippen LogP contribution in [0.5, 0.6) is 0 Å². The van der Waals surface area contributed by atoms with Crippen molar-refractivity contribution >= 4 is 0 Å². The lowest BCUT2D eigenvalue weighted by Gasteiger charge is -2.22. The molecule has 0 aromatic carbocycles. The summed E-state index contributed by atoms with van der Waals surface area (Å²) in [4.78, 5) is 4.23. The molecule has 0 unspecified atom stereocenters. The van der Waals surface area contributed by atoms with Gasteiger partial charge in [-0.15, -0.1) is 0 Å². The number of rotatable bonds is 2. The molecule has 0 bridgehead atoms. The molecule has 0 saturated carbocycles. The van der Waals surface area contributed by atoms with Gasteiger partial charge in [0.2, 0.25) is 0 Å². The van der Waals surface area contributed by atoms with Crippen LogP contribution in [0.3, 0.4) is 0 Å². The molecule has 2 rings (SSSR count). The van der Waals surface area contributed by atoms with Gasteiger partial charge in [0.05, 0.1) is 12.0 Å². The molecule has 1 aliphatic rings. The fourth-order valence-electron chi connectivity index (χ4n) is 1.93. The number of aromatic nitrogens is 2. The smallest absolute Gasteiger partial charge is 0.0949 e. The normalized spacial score (nSPS) is 19.2. The second kappa shape index (κ2) is 3.92. The van der Waals surface area contributed by atoms with Crippen LogP contribution in [0.4, 0.5) is 0 Å². The van der Waals surface area contributed by atoms with Crippen LogP contribution in [0.15, 0.2) is 12.5 Å². The van der Waals surface area contributed by atoms with Gasteiger partial charge in [0.25, 0.3) is 0 Å². The Kier molecular flexibility index (Phi) is 2.64. The Morgan fingerprint density at radius 1 is 1.54 bits per heavy atom. The van der Waals surface area contributed by atoms with Gasteiger partial charge in [-0.25, -0.2) is 4.98 Å². The largest absolute Gasteiger partial charge is 0.337 e. The summed E-state index contributed by atoms with van der Waals surface area (Å²) >= 11 is 0. The van der Waals surface area contributed by atoms with Gasteiger partial charge < -0.3 is 9.88 Å². The van der Waals surface area contributed by atoms with Crippen LogP contribution in [-0.4, -0.2) is 22.6 Å². The predicted octanol–water partition coefficient (Wildman–Crippen LogP) is 1.19. The number of aryl methyl sites for hydroxylation is 1. The monoisotopic (exact) mass is 179 g/mol. The zero-order valence-corrected chi connectivity index (χ0v) is 8.16. The molecule has 3 heteroatoms. The number of nitrogens with zero attached hydrogens (tertiary/aromatic N) is 2. The van der Waals surface area contributed by atoms with E-state index in [4.69, 9.17) is 0 Å². The van der Waals surface area contributed by atoms with Crippen LogP contribution in [0.25, 0.3) is 0 Å². The first-order chi connectivity index (χ1) is 6.34. The number of nitrogens with one attached hydrogen (secondary N) is 1. The maximum absolute atomic E-state index is 4.23. The van der Waals surface area contributed by atoms with Crippen molar-refractivity contribution in [2.75, 3.05) is 13.1 Å². The number of imidazole rings is 1. The molecule has 1 N–H and O–H groups in total. The highest BCUT2D eigenvalue weighted by atomic mass is 15.0. The van der Waals surface area contributed by atoms with Crippen molar-refractivity contribution in [3.05, 3.63) is 18.2 Å². The highest BCUT2D eigenvalue weighted by Crippen LogP contribution is 2.14. The van der Waals surface area contributed by atoms with E-state index in [0.717, 1.165) is 18.2 Å². The zero-order chi connectivity index (χ0) is 9.10. The lowest BCUT2D eigenvalue weighted by molar-refractivity contribution is 0.333. The fourth-order valence-corrected chi connectivity index (χ4v) is 1.93. The molecule has 1 aromatic heterocycles. The summed E-state index contributed by atoms with van der Waals surface area (Å²) in [7, 11) is 0. The SMILES string of the molecule is Cc1cn(CC2CCNCC2)cn1. The van der Waals surface area contributed by atoms with Gasteiger partial charge in [0.15, 0.2) is 0 Å². The minimum atomic E-state index is 0.842. The maximum atomic E-state index is 4.23. The summed E-state index contributed by atoms with van der Waals surface area (Å²) < 4.78 is 2.21. The van der Waals surface area contributed by atoms with Crippen molar-refractivity contribution in [3.63, 3.8) is 0 Å². The Hall–Kier alpha value is -0.830. The first-order valence-electron chi connectivity index (χ1n) is 5.03. The second-order valence-corrected chi connectivity index (χ2v) is 3.91. The van der Waals surface area contributed by atoms with Crippen LogP contribution < -0.4 is 5.32 Å². The summed E-state index contributed by atoms with van der Waals surface area (Å²) in [6, 6.07) is 0. The first kappa shape index (κ1) is 8.75. The molecule has 72 valence electrons. The fraction of sp³-hybridized carbons (Fsp3) is 0.700. The van der Waals surface area contributed by atoms with Crippen LogP contribution in [0, 0.1) is 12.8 Å². The van der Waals surface area contributed by atoms with Crippen LogP contribution in [0.1, 0.15) is 18.5 Å². The molecule has 1 aliphatic heterocycles. The molecular weight excluding hydrogens is 162 g/mol. The minimum absolute atomic E-state index is 0.842. The van der Waals surface area contributed by atoms with E-state index in [2.05, 4.69) is 21.1 Å². The molecule has 13 heavy (non-hydrogen) atoms. The summed E-state index contributed by atoms with van der Waals surface area (Å²) in [6.07, 6.45) is 6.67. The molecule has 3 nitrogen and oxygen atoms in total. The third kappa shape index (κ3) is 2.31. The third-order valence-electron chi connectivity index (χ3n) is 2.69. The Morgan fingerprint density at radius 3 is 2.92 bits per heavy atom. The molecule has 0 amide bonds. The van der Waals surface area contributed by atoms with E-state index < -0.39 is 0 Å². The maximum Gasteiger partial charge on any atom is 0.0949 e. The summed E-state index contributed by atoms with van der Waals surface area (Å²) in [5.41, 5.74) is 1.12. The van der Waals surface area contributed by atoms with Crippen molar-refractivity contribution in [3.8, 4) is 0 Å². The average molecular weight is 179 g/mol. The number of hydrogen-bond acceptors (Lipinski definition) is 2. The van der Waals surface area contributed by atoms with Gasteiger partial charge in [-0.05, 0) is 38.8 Å². The van der Waals surface area contributed by atoms with E-state index in [1.54, 1.807) is 0 Å². The highest BCUT2D eigenvalue weighted by molar-refractivity contribution is 4.92. The van der Waals surface area contributed by atoms with Gasteiger partial charge in [0, 0.05) is 12.7 Å². The van der Waals surface area contributed by atoms with E-state index in [-0.39, 0.29) is 0 Å². The van der Waals surface area contributed by atoms with Gasteiger partial charge >= 0.3 is 0 Å². The number of hydrogen-bond donors (Lipinski definition) is 1. The van der Waals surface area contributed by atoms with Crippen LogP contribution >= 0.6 is 0 Å². The Bertz CT molecular complexity index is 261. The van der Waals surface area contributed by atoms with Crippen LogP contribution in [-0.2, 0) is 6.54 Å². The molecule has 1 fully saturated rings. The average Bonchev–Trinajstić information content (AvgIpc) is 2.53. The van der Waals surface area contributed by atoms with Crippen molar-refractivity contribution in [1.29, 1.82) is 0 Å². The predicted molar refractivity (Wildman–Crippen MR) is 52.6 cm³/mol. The minimum Gasteiger partial charge on any atom is -0.337 e. The van der Waals surface area contributed by atoms with E-state index >= 15 is 0 Å². The molecule has 1 aromatic rings. The molecule has 0 spiro atoms. The molecule has 2 heterocycles. The van der Waals surface area contributed by atoms with E-state index in [0.29, 0.717) is 0 Å². The molecule has 0 aliphatic carbocycles. The van der Waals surface area contributed by atoms with Crippen molar-refractivity contribution in [1.82, 2.24) is 14.9 Å². The van der Waals surface area contributed by atoms with Gasteiger partial charge in [-0.2, -0.15) is 0 Å². The first-order valence-corrected chi connectivity index (χ1v) is 5.03. The molecule has 0 atom stereocenters. The number of piperidine rings is 1. The molecular formula is C10H17N3. The summed E-state index contributed by atoms with van der Waals surface area (Å²) in [5.74, 6) is 0.842. The Balaban J connectivity index is 1.89. The zero-order valence-electron chi connectivity index (χ0n) is 8.16. The summed E-state index contributed by atoms with van der Waals surface area (Å²) in [5, 5.41) is 3.38. The van der Waals surface area contributed by atoms with Gasteiger partial charge in [-0.3, -0.25) is 0 Å². The van der Waals surface area contributed by atoms with E-state index in [9.17, 15) is 0 Å². The highest BCUT2D eigenvalue weighted by Gasteiger charge is 2.12. The van der Waals surface area contributed by atoms with Crippen molar-refractivity contribution in [2.24, 2.45) is 5.92 Å².